The van der Waals surface area contributed by atoms with Crippen molar-refractivity contribution in [2.24, 2.45) is 4.99 Å². The van der Waals surface area contributed by atoms with Gasteiger partial charge in [0.25, 0.3) is 0 Å². The van der Waals surface area contributed by atoms with Crippen molar-refractivity contribution in [1.82, 2.24) is 10.6 Å². The van der Waals surface area contributed by atoms with Gasteiger partial charge in [0.1, 0.15) is 5.82 Å². The third-order valence-corrected chi connectivity index (χ3v) is 3.56. The minimum atomic E-state index is -0.191. The molecule has 1 aromatic carbocycles. The molecule has 0 aromatic heterocycles. The minimum absolute atomic E-state index is 0.191. The van der Waals surface area contributed by atoms with Gasteiger partial charge in [0.2, 0.25) is 0 Å². The molecular formula is C15H22FN3S. The van der Waals surface area contributed by atoms with Crippen LogP contribution in [-0.2, 0) is 6.42 Å². The van der Waals surface area contributed by atoms with Crippen molar-refractivity contribution in [2.45, 2.75) is 6.42 Å². The number of hydrogen-bond donors (Lipinski definition) is 2. The number of rotatable bonds is 8. The lowest BCUT2D eigenvalue weighted by atomic mass is 10.1. The average Bonchev–Trinajstić information content (AvgIpc) is 2.45. The van der Waals surface area contributed by atoms with E-state index >= 15 is 0 Å². The van der Waals surface area contributed by atoms with Gasteiger partial charge in [-0.3, -0.25) is 4.99 Å². The van der Waals surface area contributed by atoms with E-state index in [0.29, 0.717) is 0 Å². The minimum Gasteiger partial charge on any atom is -0.356 e. The predicted octanol–water partition coefficient (Wildman–Crippen LogP) is 2.45. The van der Waals surface area contributed by atoms with Crippen LogP contribution in [0, 0.1) is 5.82 Å². The van der Waals surface area contributed by atoms with E-state index in [2.05, 4.69) is 22.2 Å². The molecule has 1 aromatic rings. The first-order valence-corrected chi connectivity index (χ1v) is 7.79. The standard InChI is InChI=1S/C15H22FN3S/c1-3-10-20-11-9-19-15(17-2)18-8-7-13-5-4-6-14(16)12-13/h3-6,12H,1,7-11H2,2H3,(H2,17,18,19). The third kappa shape index (κ3) is 7.19. The van der Waals surface area contributed by atoms with Crippen molar-refractivity contribution < 1.29 is 4.39 Å². The van der Waals surface area contributed by atoms with Crippen LogP contribution in [0.4, 0.5) is 4.39 Å². The molecular weight excluding hydrogens is 273 g/mol. The first-order valence-electron chi connectivity index (χ1n) is 6.64. The molecule has 0 saturated heterocycles. The summed E-state index contributed by atoms with van der Waals surface area (Å²) in [5.41, 5.74) is 0.981. The molecule has 0 aliphatic rings. The van der Waals surface area contributed by atoms with Gasteiger partial charge in [0, 0.05) is 31.6 Å². The zero-order valence-electron chi connectivity index (χ0n) is 11.9. The van der Waals surface area contributed by atoms with Crippen LogP contribution in [0.2, 0.25) is 0 Å². The van der Waals surface area contributed by atoms with Gasteiger partial charge in [0.15, 0.2) is 5.96 Å². The maximum atomic E-state index is 13.0. The molecule has 0 radical (unpaired) electrons. The van der Waals surface area contributed by atoms with E-state index < -0.39 is 0 Å². The first-order chi connectivity index (χ1) is 9.76. The van der Waals surface area contributed by atoms with Crippen molar-refractivity contribution in [3.05, 3.63) is 48.3 Å². The second-order valence-corrected chi connectivity index (χ2v) is 5.32. The number of thioether (sulfide) groups is 1. The van der Waals surface area contributed by atoms with Gasteiger partial charge in [-0.15, -0.1) is 6.58 Å². The van der Waals surface area contributed by atoms with Gasteiger partial charge in [-0.05, 0) is 24.1 Å². The van der Waals surface area contributed by atoms with E-state index in [1.165, 1.54) is 6.07 Å². The lowest BCUT2D eigenvalue weighted by molar-refractivity contribution is 0.625. The number of halogens is 1. The number of nitrogens with zero attached hydrogens (tertiary/aromatic N) is 1. The number of guanidine groups is 1. The van der Waals surface area contributed by atoms with E-state index in [1.54, 1.807) is 19.2 Å². The van der Waals surface area contributed by atoms with E-state index in [9.17, 15) is 4.39 Å². The smallest absolute Gasteiger partial charge is 0.191 e. The highest BCUT2D eigenvalue weighted by molar-refractivity contribution is 7.99. The van der Waals surface area contributed by atoms with E-state index in [0.717, 1.165) is 42.5 Å². The van der Waals surface area contributed by atoms with Crippen molar-refractivity contribution in [3.63, 3.8) is 0 Å². The summed E-state index contributed by atoms with van der Waals surface area (Å²) in [4.78, 5) is 4.15. The second-order valence-electron chi connectivity index (χ2n) is 4.17. The lowest BCUT2D eigenvalue weighted by Crippen LogP contribution is -2.39. The Kier molecular flexibility index (Phi) is 8.54. The number of benzene rings is 1. The summed E-state index contributed by atoms with van der Waals surface area (Å²) in [6.45, 7) is 5.27. The normalized spacial score (nSPS) is 11.2. The first kappa shape index (κ1) is 16.6. The Morgan fingerprint density at radius 2 is 2.20 bits per heavy atom. The van der Waals surface area contributed by atoms with Crippen molar-refractivity contribution in [3.8, 4) is 0 Å². The summed E-state index contributed by atoms with van der Waals surface area (Å²) in [6, 6.07) is 6.67. The molecule has 0 fully saturated rings. The Bertz CT molecular complexity index is 435. The monoisotopic (exact) mass is 295 g/mol. The van der Waals surface area contributed by atoms with Crippen molar-refractivity contribution in [1.29, 1.82) is 0 Å². The molecule has 5 heteroatoms. The molecule has 0 aliphatic carbocycles. The highest BCUT2D eigenvalue weighted by Gasteiger charge is 1.98. The molecule has 1 rings (SSSR count). The Balaban J connectivity index is 2.19. The molecule has 0 unspecified atom stereocenters. The lowest BCUT2D eigenvalue weighted by Gasteiger charge is -2.11. The van der Waals surface area contributed by atoms with Crippen LogP contribution in [0.1, 0.15) is 5.56 Å². The predicted molar refractivity (Wildman–Crippen MR) is 87.0 cm³/mol. The van der Waals surface area contributed by atoms with Crippen molar-refractivity contribution >= 4 is 17.7 Å². The third-order valence-electron chi connectivity index (χ3n) is 2.59. The van der Waals surface area contributed by atoms with Gasteiger partial charge in [-0.2, -0.15) is 11.8 Å². The largest absolute Gasteiger partial charge is 0.356 e. The second kappa shape index (κ2) is 10.3. The van der Waals surface area contributed by atoms with Gasteiger partial charge in [-0.25, -0.2) is 4.39 Å². The van der Waals surface area contributed by atoms with Crippen LogP contribution in [0.3, 0.4) is 0 Å². The van der Waals surface area contributed by atoms with Crippen LogP contribution < -0.4 is 10.6 Å². The molecule has 20 heavy (non-hydrogen) atoms. The summed E-state index contributed by atoms with van der Waals surface area (Å²) < 4.78 is 13.0. The summed E-state index contributed by atoms with van der Waals surface area (Å²) >= 11 is 1.82. The fourth-order valence-electron chi connectivity index (χ4n) is 1.65. The molecule has 3 nitrogen and oxygen atoms in total. The van der Waals surface area contributed by atoms with Crippen LogP contribution in [0.15, 0.2) is 41.9 Å². The number of nitrogens with one attached hydrogen (secondary N) is 2. The fourth-order valence-corrected chi connectivity index (χ4v) is 2.23. The molecule has 0 aliphatic heterocycles. The molecule has 2 N–H and O–H groups in total. The fraction of sp³-hybridized carbons (Fsp3) is 0.400. The van der Waals surface area contributed by atoms with E-state index in [1.807, 2.05) is 23.9 Å². The summed E-state index contributed by atoms with van der Waals surface area (Å²) in [5, 5.41) is 6.45. The maximum absolute atomic E-state index is 13.0. The SMILES string of the molecule is C=CCSCCNC(=NC)NCCc1cccc(F)c1. The molecule has 0 saturated carbocycles. The average molecular weight is 295 g/mol. The van der Waals surface area contributed by atoms with Crippen LogP contribution in [0.25, 0.3) is 0 Å². The van der Waals surface area contributed by atoms with E-state index in [4.69, 9.17) is 0 Å². The molecule has 0 bridgehead atoms. The summed E-state index contributed by atoms with van der Waals surface area (Å²) in [5.74, 6) is 2.56. The van der Waals surface area contributed by atoms with Gasteiger partial charge in [-0.1, -0.05) is 18.2 Å². The van der Waals surface area contributed by atoms with Gasteiger partial charge in [0.05, 0.1) is 0 Å². The number of hydrogen-bond acceptors (Lipinski definition) is 2. The highest BCUT2D eigenvalue weighted by atomic mass is 32.2. The van der Waals surface area contributed by atoms with Crippen LogP contribution >= 0.6 is 11.8 Å². The van der Waals surface area contributed by atoms with Crippen LogP contribution in [-0.4, -0.2) is 37.6 Å². The quantitative estimate of drug-likeness (QED) is 0.335. The summed E-state index contributed by atoms with van der Waals surface area (Å²) in [7, 11) is 1.74. The van der Waals surface area contributed by atoms with Gasteiger partial charge < -0.3 is 10.6 Å². The Hall–Kier alpha value is -1.49. The highest BCUT2D eigenvalue weighted by Crippen LogP contribution is 2.03. The Labute approximate surface area is 124 Å². The summed E-state index contributed by atoms with van der Waals surface area (Å²) in [6.07, 6.45) is 2.67. The Morgan fingerprint density at radius 3 is 2.90 bits per heavy atom. The topological polar surface area (TPSA) is 36.4 Å². The molecule has 0 heterocycles. The van der Waals surface area contributed by atoms with Crippen molar-refractivity contribution in [2.75, 3.05) is 31.6 Å². The molecule has 0 amide bonds. The maximum Gasteiger partial charge on any atom is 0.191 e. The van der Waals surface area contributed by atoms with E-state index in [-0.39, 0.29) is 5.82 Å². The zero-order valence-corrected chi connectivity index (χ0v) is 12.7. The van der Waals surface area contributed by atoms with Gasteiger partial charge >= 0.3 is 0 Å². The zero-order chi connectivity index (χ0) is 14.6. The molecule has 0 atom stereocenters. The van der Waals surface area contributed by atoms with Crippen LogP contribution in [0.5, 0.6) is 0 Å². The number of aliphatic imine (C=N–C) groups is 1. The molecule has 0 spiro atoms. The Morgan fingerprint density at radius 1 is 1.40 bits per heavy atom. The molecule has 110 valence electrons.